The minimum atomic E-state index is -3.13. The lowest BCUT2D eigenvalue weighted by molar-refractivity contribution is 0.0287. The molecule has 1 atom stereocenters. The van der Waals surface area contributed by atoms with E-state index in [0.717, 1.165) is 5.56 Å². The first kappa shape index (κ1) is 18.1. The predicted molar refractivity (Wildman–Crippen MR) is 83.9 cm³/mol. The smallest absolute Gasteiger partial charge is 0.153 e. The molecule has 0 heterocycles. The Bertz CT molecular complexity index is 514. The van der Waals surface area contributed by atoms with Gasteiger partial charge < -0.3 is 15.2 Å². The van der Waals surface area contributed by atoms with Crippen molar-refractivity contribution in [3.05, 3.63) is 35.9 Å². The summed E-state index contributed by atoms with van der Waals surface area (Å²) in [5.41, 5.74) is 1.05. The van der Waals surface area contributed by atoms with Gasteiger partial charge in [0.1, 0.15) is 0 Å². The Morgan fingerprint density at radius 1 is 1.29 bits per heavy atom. The molecule has 120 valence electrons. The molecule has 0 saturated heterocycles. The van der Waals surface area contributed by atoms with Crippen molar-refractivity contribution in [2.75, 3.05) is 26.0 Å². The molecule has 0 aromatic heterocycles. The molecule has 6 heteroatoms. The Balaban J connectivity index is 2.21. The van der Waals surface area contributed by atoms with Crippen LogP contribution in [0.3, 0.4) is 0 Å². The molecule has 0 aliphatic heterocycles. The standard InChI is InChI=1S/C15H25NO4S/c1-15(2,21(3,18)19)12-16-9-14(17)11-20-10-13-7-5-4-6-8-13/h4-8,14,16-17H,9-12H2,1-3H3. The quantitative estimate of drug-likeness (QED) is 0.710. The van der Waals surface area contributed by atoms with Gasteiger partial charge in [0.25, 0.3) is 0 Å². The number of hydrogen-bond acceptors (Lipinski definition) is 5. The number of rotatable bonds is 9. The number of hydrogen-bond donors (Lipinski definition) is 2. The van der Waals surface area contributed by atoms with E-state index in [9.17, 15) is 13.5 Å². The van der Waals surface area contributed by atoms with Crippen molar-refractivity contribution in [3.63, 3.8) is 0 Å². The molecular formula is C15H25NO4S. The van der Waals surface area contributed by atoms with Gasteiger partial charge in [0.2, 0.25) is 0 Å². The van der Waals surface area contributed by atoms with Crippen molar-refractivity contribution in [1.82, 2.24) is 5.32 Å². The summed E-state index contributed by atoms with van der Waals surface area (Å²) in [6.07, 6.45) is 0.553. The lowest BCUT2D eigenvalue weighted by Gasteiger charge is -2.23. The number of aliphatic hydroxyl groups excluding tert-OH is 1. The first-order valence-electron chi connectivity index (χ1n) is 6.92. The third-order valence-electron chi connectivity index (χ3n) is 3.36. The number of benzene rings is 1. The van der Waals surface area contributed by atoms with Crippen LogP contribution in [-0.2, 0) is 21.2 Å². The normalized spacial score (nSPS) is 14.1. The summed E-state index contributed by atoms with van der Waals surface area (Å²) in [7, 11) is -3.13. The van der Waals surface area contributed by atoms with Crippen LogP contribution in [0.1, 0.15) is 19.4 Å². The first-order valence-corrected chi connectivity index (χ1v) is 8.81. The average Bonchev–Trinajstić information content (AvgIpc) is 2.38. The van der Waals surface area contributed by atoms with Crippen molar-refractivity contribution < 1.29 is 18.3 Å². The molecular weight excluding hydrogens is 290 g/mol. The maximum atomic E-state index is 11.5. The molecule has 0 aliphatic carbocycles. The minimum absolute atomic E-state index is 0.210. The Labute approximate surface area is 127 Å². The second-order valence-corrected chi connectivity index (χ2v) is 8.47. The largest absolute Gasteiger partial charge is 0.389 e. The van der Waals surface area contributed by atoms with Gasteiger partial charge in [0, 0.05) is 19.3 Å². The van der Waals surface area contributed by atoms with Crippen molar-refractivity contribution in [3.8, 4) is 0 Å². The van der Waals surface area contributed by atoms with Crippen LogP contribution in [0.4, 0.5) is 0 Å². The van der Waals surface area contributed by atoms with Crippen LogP contribution in [0.15, 0.2) is 30.3 Å². The van der Waals surface area contributed by atoms with Crippen molar-refractivity contribution in [1.29, 1.82) is 0 Å². The molecule has 5 nitrogen and oxygen atoms in total. The fourth-order valence-electron chi connectivity index (χ4n) is 1.62. The van der Waals surface area contributed by atoms with Crippen molar-refractivity contribution >= 4 is 9.84 Å². The molecule has 1 aromatic rings. The third kappa shape index (κ3) is 6.56. The molecule has 0 bridgehead atoms. The van der Waals surface area contributed by atoms with E-state index < -0.39 is 20.7 Å². The van der Waals surface area contributed by atoms with Crippen LogP contribution >= 0.6 is 0 Å². The van der Waals surface area contributed by atoms with E-state index in [4.69, 9.17) is 4.74 Å². The zero-order valence-corrected chi connectivity index (χ0v) is 13.7. The SMILES string of the molecule is CC(C)(CNCC(O)COCc1ccccc1)S(C)(=O)=O. The second-order valence-electron chi connectivity index (χ2n) is 5.82. The van der Waals surface area contributed by atoms with Gasteiger partial charge in [-0.15, -0.1) is 0 Å². The molecule has 1 aromatic carbocycles. The fourth-order valence-corrected chi connectivity index (χ4v) is 1.98. The van der Waals surface area contributed by atoms with Gasteiger partial charge >= 0.3 is 0 Å². The van der Waals surface area contributed by atoms with Crippen molar-refractivity contribution in [2.45, 2.75) is 31.3 Å². The lowest BCUT2D eigenvalue weighted by atomic mass is 10.2. The van der Waals surface area contributed by atoms with Crippen LogP contribution < -0.4 is 5.32 Å². The van der Waals surface area contributed by atoms with E-state index in [1.165, 1.54) is 6.26 Å². The molecule has 1 rings (SSSR count). The third-order valence-corrected chi connectivity index (χ3v) is 5.51. The summed E-state index contributed by atoms with van der Waals surface area (Å²) >= 11 is 0. The number of ether oxygens (including phenoxy) is 1. The average molecular weight is 315 g/mol. The van der Waals surface area contributed by atoms with E-state index in [-0.39, 0.29) is 6.61 Å². The summed E-state index contributed by atoms with van der Waals surface area (Å²) < 4.78 is 27.6. The monoisotopic (exact) mass is 315 g/mol. The molecule has 0 spiro atoms. The molecule has 21 heavy (non-hydrogen) atoms. The Morgan fingerprint density at radius 2 is 1.90 bits per heavy atom. The first-order chi connectivity index (χ1) is 9.72. The van der Waals surface area contributed by atoms with Crippen LogP contribution in [-0.4, -0.2) is 50.3 Å². The van der Waals surface area contributed by atoms with Crippen molar-refractivity contribution in [2.24, 2.45) is 0 Å². The highest BCUT2D eigenvalue weighted by Gasteiger charge is 2.29. The molecule has 0 aliphatic rings. The van der Waals surface area contributed by atoms with Gasteiger partial charge in [0.05, 0.1) is 24.1 Å². The number of nitrogens with one attached hydrogen (secondary N) is 1. The van der Waals surface area contributed by atoms with Crippen LogP contribution in [0, 0.1) is 0 Å². The fraction of sp³-hybridized carbons (Fsp3) is 0.600. The Morgan fingerprint density at radius 3 is 2.48 bits per heavy atom. The summed E-state index contributed by atoms with van der Waals surface area (Å²) in [5.74, 6) is 0. The van der Waals surface area contributed by atoms with E-state index >= 15 is 0 Å². The predicted octanol–water partition coefficient (Wildman–Crippen LogP) is 0.977. The highest BCUT2D eigenvalue weighted by atomic mass is 32.2. The van der Waals surface area contributed by atoms with Gasteiger partial charge in [-0.1, -0.05) is 30.3 Å². The highest BCUT2D eigenvalue weighted by molar-refractivity contribution is 7.92. The lowest BCUT2D eigenvalue weighted by Crippen LogP contribution is -2.44. The Hall–Kier alpha value is -0.950. The molecule has 0 fully saturated rings. The van der Waals surface area contributed by atoms with E-state index in [0.29, 0.717) is 19.7 Å². The van der Waals surface area contributed by atoms with Crippen LogP contribution in [0.2, 0.25) is 0 Å². The van der Waals surface area contributed by atoms with E-state index in [1.807, 2.05) is 30.3 Å². The van der Waals surface area contributed by atoms with E-state index in [2.05, 4.69) is 5.32 Å². The Kier molecular flexibility index (Phi) is 6.80. The minimum Gasteiger partial charge on any atom is -0.389 e. The van der Waals surface area contributed by atoms with Crippen LogP contribution in [0.5, 0.6) is 0 Å². The zero-order valence-electron chi connectivity index (χ0n) is 12.9. The zero-order chi connectivity index (χ0) is 15.9. The number of aliphatic hydroxyl groups is 1. The summed E-state index contributed by atoms with van der Waals surface area (Å²) in [6.45, 7) is 4.57. The summed E-state index contributed by atoms with van der Waals surface area (Å²) in [5, 5.41) is 12.8. The van der Waals surface area contributed by atoms with Gasteiger partial charge in [-0.05, 0) is 19.4 Å². The maximum Gasteiger partial charge on any atom is 0.153 e. The maximum absolute atomic E-state index is 11.5. The molecule has 0 amide bonds. The second kappa shape index (κ2) is 7.89. The van der Waals surface area contributed by atoms with Gasteiger partial charge in [-0.3, -0.25) is 0 Å². The van der Waals surface area contributed by atoms with Crippen LogP contribution in [0.25, 0.3) is 0 Å². The van der Waals surface area contributed by atoms with Gasteiger partial charge in [-0.25, -0.2) is 8.42 Å². The van der Waals surface area contributed by atoms with E-state index in [1.54, 1.807) is 13.8 Å². The number of sulfone groups is 1. The molecule has 1 unspecified atom stereocenters. The summed E-state index contributed by atoms with van der Waals surface area (Å²) in [6, 6.07) is 9.72. The molecule has 0 radical (unpaired) electrons. The topological polar surface area (TPSA) is 75.6 Å². The molecule has 2 N–H and O–H groups in total. The highest BCUT2D eigenvalue weighted by Crippen LogP contribution is 2.13. The molecule has 0 saturated carbocycles. The van der Waals surface area contributed by atoms with Gasteiger partial charge in [-0.2, -0.15) is 0 Å². The van der Waals surface area contributed by atoms with Gasteiger partial charge in [0.15, 0.2) is 9.84 Å². The summed E-state index contributed by atoms with van der Waals surface area (Å²) in [4.78, 5) is 0.